The predicted molar refractivity (Wildman–Crippen MR) is 103 cm³/mol. The minimum Gasteiger partial charge on any atom is -0.442 e. The van der Waals surface area contributed by atoms with Gasteiger partial charge in [0, 0.05) is 12.1 Å². The van der Waals surface area contributed by atoms with Crippen molar-refractivity contribution in [2.45, 2.75) is 45.3 Å². The lowest BCUT2D eigenvalue weighted by atomic mass is 10.1. The van der Waals surface area contributed by atoms with Crippen LogP contribution in [0.5, 0.6) is 0 Å². The van der Waals surface area contributed by atoms with E-state index in [0.717, 1.165) is 18.5 Å². The van der Waals surface area contributed by atoms with Gasteiger partial charge in [-0.2, -0.15) is 5.10 Å². The Labute approximate surface area is 161 Å². The molecule has 1 fully saturated rings. The molecule has 0 bridgehead atoms. The largest absolute Gasteiger partial charge is 0.442 e. The summed E-state index contributed by atoms with van der Waals surface area (Å²) >= 11 is 0. The minimum atomic E-state index is -0.0928. The summed E-state index contributed by atoms with van der Waals surface area (Å²) in [7, 11) is 0. The zero-order chi connectivity index (χ0) is 19.5. The molecule has 1 N–H and O–H groups in total. The summed E-state index contributed by atoms with van der Waals surface area (Å²) in [4.78, 5) is 23.8. The fourth-order valence-electron chi connectivity index (χ4n) is 3.66. The van der Waals surface area contributed by atoms with Gasteiger partial charge in [-0.1, -0.05) is 0 Å². The molecule has 8 nitrogen and oxygen atoms in total. The van der Waals surface area contributed by atoms with E-state index in [2.05, 4.69) is 33.2 Å². The Hall–Kier alpha value is -3.34. The maximum absolute atomic E-state index is 13.4. The van der Waals surface area contributed by atoms with Gasteiger partial charge in [-0.05, 0) is 38.7 Å². The van der Waals surface area contributed by atoms with Crippen molar-refractivity contribution in [1.82, 2.24) is 24.6 Å². The molecule has 1 aliphatic heterocycles. The Morgan fingerprint density at radius 3 is 2.93 bits per heavy atom. The van der Waals surface area contributed by atoms with Gasteiger partial charge < -0.3 is 14.6 Å². The summed E-state index contributed by atoms with van der Waals surface area (Å²) < 4.78 is 7.66. The van der Waals surface area contributed by atoms with Crippen molar-refractivity contribution in [3.05, 3.63) is 35.1 Å². The molecule has 0 saturated heterocycles. The highest BCUT2D eigenvalue weighted by atomic mass is 16.3. The topological polar surface area (TPSA) is 89.1 Å². The Morgan fingerprint density at radius 1 is 1.36 bits per heavy atom. The number of nitrogens with one attached hydrogen (secondary N) is 1. The van der Waals surface area contributed by atoms with Gasteiger partial charge in [-0.15, -0.1) is 6.42 Å². The highest BCUT2D eigenvalue weighted by Gasteiger charge is 2.39. The number of hydrogen-bond donors (Lipinski definition) is 1. The van der Waals surface area contributed by atoms with Crippen LogP contribution in [-0.4, -0.2) is 42.6 Å². The van der Waals surface area contributed by atoms with Crippen molar-refractivity contribution in [3.63, 3.8) is 0 Å². The van der Waals surface area contributed by atoms with Gasteiger partial charge in [0.1, 0.15) is 23.6 Å². The van der Waals surface area contributed by atoms with Gasteiger partial charge in [-0.25, -0.2) is 9.97 Å². The summed E-state index contributed by atoms with van der Waals surface area (Å²) in [5.41, 5.74) is 2.49. The fraction of sp³-hybridized carbons (Fsp3) is 0.400. The average Bonchev–Trinajstić information content (AvgIpc) is 3.13. The number of aryl methyl sites for hydroxylation is 1. The third-order valence-electron chi connectivity index (χ3n) is 5.53. The van der Waals surface area contributed by atoms with Gasteiger partial charge in [0.2, 0.25) is 5.71 Å². The second-order valence-electron chi connectivity index (χ2n) is 7.74. The molecule has 1 aliphatic carbocycles. The number of rotatable bonds is 3. The summed E-state index contributed by atoms with van der Waals surface area (Å²) in [6, 6.07) is 1.85. The molecular formula is C20H20N6O2. The highest BCUT2D eigenvalue weighted by molar-refractivity contribution is 6.10. The van der Waals surface area contributed by atoms with Crippen LogP contribution < -0.4 is 5.32 Å². The number of nitrogens with zero attached hydrogens (tertiary/aromatic N) is 5. The number of carbonyl (C=O) groups excluding carboxylic acids is 1. The molecule has 2 aliphatic rings. The minimum absolute atomic E-state index is 0.0238. The molecular weight excluding hydrogens is 356 g/mol. The third kappa shape index (κ3) is 2.62. The van der Waals surface area contributed by atoms with Crippen molar-refractivity contribution in [2.24, 2.45) is 0 Å². The average molecular weight is 376 g/mol. The van der Waals surface area contributed by atoms with E-state index >= 15 is 0 Å². The van der Waals surface area contributed by atoms with Crippen molar-refractivity contribution in [1.29, 1.82) is 0 Å². The lowest BCUT2D eigenvalue weighted by Gasteiger charge is -2.27. The number of hydrogen-bond acceptors (Lipinski definition) is 6. The smallest absolute Gasteiger partial charge is 0.258 e. The number of aromatic nitrogens is 4. The number of furan rings is 1. The number of amides is 1. The van der Waals surface area contributed by atoms with Crippen LogP contribution in [0.3, 0.4) is 0 Å². The van der Waals surface area contributed by atoms with E-state index in [1.165, 1.54) is 6.33 Å². The monoisotopic (exact) mass is 376 g/mol. The van der Waals surface area contributed by atoms with E-state index in [1.807, 2.05) is 10.7 Å². The predicted octanol–water partition coefficient (Wildman–Crippen LogP) is 2.33. The van der Waals surface area contributed by atoms with E-state index in [4.69, 9.17) is 10.8 Å². The van der Waals surface area contributed by atoms with Crippen LogP contribution in [0, 0.1) is 19.3 Å². The highest BCUT2D eigenvalue weighted by Crippen LogP contribution is 2.40. The summed E-state index contributed by atoms with van der Waals surface area (Å²) in [5, 5.41) is 8.46. The second kappa shape index (κ2) is 5.83. The molecule has 8 heteroatoms. The van der Waals surface area contributed by atoms with Crippen molar-refractivity contribution < 1.29 is 9.21 Å². The Balaban J connectivity index is 1.53. The van der Waals surface area contributed by atoms with E-state index in [0.29, 0.717) is 53.6 Å². The SMILES string of the molecule is C#Cc1cc2n(n1)CCN(C(=O)c1c(C)oc3ncnc(NC4(C)CC4)c13)C2. The number of terminal acetylenes is 1. The van der Waals surface area contributed by atoms with Crippen LogP contribution in [-0.2, 0) is 13.1 Å². The van der Waals surface area contributed by atoms with E-state index in [1.54, 1.807) is 11.8 Å². The van der Waals surface area contributed by atoms with Crippen LogP contribution in [0.2, 0.25) is 0 Å². The molecule has 1 saturated carbocycles. The van der Waals surface area contributed by atoms with Gasteiger partial charge >= 0.3 is 0 Å². The molecule has 0 atom stereocenters. The van der Waals surface area contributed by atoms with Crippen molar-refractivity contribution >= 4 is 22.8 Å². The van der Waals surface area contributed by atoms with E-state index < -0.39 is 0 Å². The van der Waals surface area contributed by atoms with Crippen molar-refractivity contribution in [2.75, 3.05) is 11.9 Å². The van der Waals surface area contributed by atoms with Crippen LogP contribution in [0.25, 0.3) is 11.1 Å². The molecule has 0 aromatic carbocycles. The third-order valence-corrected chi connectivity index (χ3v) is 5.53. The number of fused-ring (bicyclic) bond motifs is 2. The van der Waals surface area contributed by atoms with Crippen LogP contribution in [0.4, 0.5) is 5.82 Å². The molecule has 4 heterocycles. The van der Waals surface area contributed by atoms with E-state index in [-0.39, 0.29) is 11.4 Å². The summed E-state index contributed by atoms with van der Waals surface area (Å²) in [6.45, 7) is 5.55. The van der Waals surface area contributed by atoms with Gasteiger partial charge in [0.25, 0.3) is 5.91 Å². The first kappa shape index (κ1) is 16.8. The zero-order valence-electron chi connectivity index (χ0n) is 15.8. The zero-order valence-corrected chi connectivity index (χ0v) is 15.8. The fourth-order valence-corrected chi connectivity index (χ4v) is 3.66. The Bertz CT molecular complexity index is 1150. The second-order valence-corrected chi connectivity index (χ2v) is 7.74. The molecule has 3 aromatic rings. The molecule has 0 radical (unpaired) electrons. The van der Waals surface area contributed by atoms with Crippen molar-refractivity contribution in [3.8, 4) is 12.3 Å². The van der Waals surface area contributed by atoms with Gasteiger partial charge in [0.15, 0.2) is 0 Å². The van der Waals surface area contributed by atoms with Crippen LogP contribution in [0.15, 0.2) is 16.8 Å². The molecule has 142 valence electrons. The molecule has 1 amide bonds. The van der Waals surface area contributed by atoms with Crippen LogP contribution in [0.1, 0.15) is 47.3 Å². The first-order valence-corrected chi connectivity index (χ1v) is 9.32. The molecule has 5 rings (SSSR count). The van der Waals surface area contributed by atoms with Gasteiger partial charge in [0.05, 0.1) is 29.7 Å². The quantitative estimate of drug-likeness (QED) is 0.706. The lowest BCUT2D eigenvalue weighted by Crippen LogP contribution is -2.38. The van der Waals surface area contributed by atoms with Gasteiger partial charge in [-0.3, -0.25) is 9.48 Å². The standard InChI is InChI=1S/C20H20N6O2/c1-4-13-9-14-10-25(7-8-26(14)24-13)19(27)15-12(2)28-18-16(15)17(21-11-22-18)23-20(3)5-6-20/h1,9,11H,5-8,10H2,2-3H3,(H,21,22,23). The normalized spacial score (nSPS) is 17.2. The maximum Gasteiger partial charge on any atom is 0.258 e. The molecule has 0 spiro atoms. The first-order chi connectivity index (χ1) is 13.5. The lowest BCUT2D eigenvalue weighted by molar-refractivity contribution is 0.0706. The molecule has 28 heavy (non-hydrogen) atoms. The Kier molecular flexibility index (Phi) is 3.50. The van der Waals surface area contributed by atoms with Crippen LogP contribution >= 0.6 is 0 Å². The summed E-state index contributed by atoms with van der Waals surface area (Å²) in [6.07, 6.45) is 9.07. The maximum atomic E-state index is 13.4. The Morgan fingerprint density at radius 2 is 2.18 bits per heavy atom. The van der Waals surface area contributed by atoms with E-state index in [9.17, 15) is 4.79 Å². The first-order valence-electron chi connectivity index (χ1n) is 9.32. The molecule has 0 unspecified atom stereocenters. The number of carbonyl (C=O) groups is 1. The summed E-state index contributed by atoms with van der Waals surface area (Å²) in [5.74, 6) is 3.66. The molecule has 3 aromatic heterocycles. The number of anilines is 1.